The zero-order chi connectivity index (χ0) is 38.5. The van der Waals surface area contributed by atoms with Crippen LogP contribution in [-0.2, 0) is 37.0 Å². The normalized spacial score (nSPS) is 18.7. The second-order valence-electron chi connectivity index (χ2n) is 15.2. The summed E-state index contributed by atoms with van der Waals surface area (Å²) < 4.78 is 37.2. The van der Waals surface area contributed by atoms with Crippen LogP contribution in [-0.4, -0.2) is 87.8 Å². The summed E-state index contributed by atoms with van der Waals surface area (Å²) in [6.45, 7) is 2.36. The molecule has 8 rings (SSSR count). The first-order valence-electron chi connectivity index (χ1n) is 19.6. The van der Waals surface area contributed by atoms with Crippen LogP contribution in [0.1, 0.15) is 76.7 Å². The second-order valence-corrected chi connectivity index (χ2v) is 15.2. The Morgan fingerprint density at radius 2 is 1.49 bits per heavy atom. The first-order valence-corrected chi connectivity index (χ1v) is 19.6. The Balaban J connectivity index is 1.38. The van der Waals surface area contributed by atoms with Crippen molar-refractivity contribution in [2.24, 2.45) is 0 Å². The van der Waals surface area contributed by atoms with E-state index in [9.17, 15) is 10.2 Å². The minimum absolute atomic E-state index is 0.0812. The van der Waals surface area contributed by atoms with Gasteiger partial charge in [0.2, 0.25) is 5.75 Å². The fourth-order valence-electron chi connectivity index (χ4n) is 8.34. The van der Waals surface area contributed by atoms with E-state index >= 15 is 0 Å². The van der Waals surface area contributed by atoms with Gasteiger partial charge in [-0.25, -0.2) is 0 Å². The Morgan fingerprint density at radius 1 is 0.764 bits per heavy atom. The van der Waals surface area contributed by atoms with Gasteiger partial charge >= 0.3 is 0 Å². The van der Waals surface area contributed by atoms with Gasteiger partial charge in [0, 0.05) is 50.0 Å². The number of hydrogen-bond acceptors (Lipinski definition) is 10. The minimum atomic E-state index is -0.673. The van der Waals surface area contributed by atoms with Crippen molar-refractivity contribution in [3.05, 3.63) is 99.6 Å². The maximum atomic E-state index is 11.1. The third kappa shape index (κ3) is 8.59. The second kappa shape index (κ2) is 17.6. The van der Waals surface area contributed by atoms with Crippen LogP contribution < -0.4 is 23.7 Å². The fourth-order valence-corrected chi connectivity index (χ4v) is 8.34. The van der Waals surface area contributed by atoms with E-state index in [0.29, 0.717) is 53.9 Å². The predicted molar refractivity (Wildman–Crippen MR) is 212 cm³/mol. The van der Waals surface area contributed by atoms with Crippen molar-refractivity contribution in [1.29, 1.82) is 0 Å². The van der Waals surface area contributed by atoms with Crippen LogP contribution in [0.25, 0.3) is 0 Å². The topological polar surface area (TPSA) is 102 Å². The quantitative estimate of drug-likeness (QED) is 0.141. The van der Waals surface area contributed by atoms with Crippen molar-refractivity contribution in [1.82, 2.24) is 9.80 Å². The summed E-state index contributed by atoms with van der Waals surface area (Å²) in [7, 11) is 9.33. The van der Waals surface area contributed by atoms with E-state index in [1.807, 2.05) is 18.2 Å². The number of methoxy groups -OCH3 is 3. The van der Waals surface area contributed by atoms with E-state index in [2.05, 4.69) is 66.4 Å². The molecule has 55 heavy (non-hydrogen) atoms. The summed E-state index contributed by atoms with van der Waals surface area (Å²) in [6, 6.07) is 20.7. The van der Waals surface area contributed by atoms with Crippen LogP contribution in [0.4, 0.5) is 0 Å². The van der Waals surface area contributed by atoms with Gasteiger partial charge in [-0.05, 0) is 123 Å². The first kappa shape index (κ1) is 38.9. The molecule has 4 aromatic carbocycles. The molecule has 0 fully saturated rings. The lowest BCUT2D eigenvalue weighted by molar-refractivity contribution is 0.0932. The molecule has 0 radical (unpaired) electrons. The van der Waals surface area contributed by atoms with Gasteiger partial charge in [0.25, 0.3) is 0 Å². The zero-order valence-corrected chi connectivity index (χ0v) is 32.9. The predicted octanol–water partition coefficient (Wildman–Crippen LogP) is 7.58. The number of rotatable bonds is 12. The van der Waals surface area contributed by atoms with Gasteiger partial charge in [0.05, 0.1) is 26.9 Å². The van der Waals surface area contributed by atoms with Crippen LogP contribution in [0.15, 0.2) is 60.7 Å². The Kier molecular flexibility index (Phi) is 12.5. The molecular weight excluding hydrogens is 697 g/mol. The van der Waals surface area contributed by atoms with Crippen molar-refractivity contribution < 1.29 is 38.6 Å². The molecule has 0 saturated carbocycles. The minimum Gasteiger partial charge on any atom is -0.493 e. The molecule has 1 unspecified atom stereocenters. The van der Waals surface area contributed by atoms with Gasteiger partial charge in [-0.1, -0.05) is 31.0 Å². The highest BCUT2D eigenvalue weighted by molar-refractivity contribution is 5.63. The van der Waals surface area contributed by atoms with Gasteiger partial charge in [-0.3, -0.25) is 9.80 Å². The van der Waals surface area contributed by atoms with E-state index in [-0.39, 0.29) is 25.3 Å². The molecule has 4 heterocycles. The average Bonchev–Trinajstić information content (AvgIpc) is 3.19. The molecule has 3 atom stereocenters. The number of aliphatic hydroxyl groups is 2. The molecule has 10 nitrogen and oxygen atoms in total. The van der Waals surface area contributed by atoms with Crippen LogP contribution in [0, 0.1) is 0 Å². The number of aliphatic hydroxyl groups excluding tert-OH is 2. The van der Waals surface area contributed by atoms with E-state index in [1.165, 1.54) is 16.7 Å². The number of fused-ring (bicyclic) bond motifs is 2. The summed E-state index contributed by atoms with van der Waals surface area (Å²) in [5.74, 6) is 4.19. The van der Waals surface area contributed by atoms with Crippen LogP contribution >= 0.6 is 0 Å². The Morgan fingerprint density at radius 3 is 2.24 bits per heavy atom. The summed E-state index contributed by atoms with van der Waals surface area (Å²) in [6.07, 6.45) is 5.83. The molecule has 4 aliphatic rings. The number of benzene rings is 4. The summed E-state index contributed by atoms with van der Waals surface area (Å²) in [5, 5.41) is 21.9. The third-order valence-corrected chi connectivity index (χ3v) is 11.5. The fraction of sp³-hybridized carbons (Fsp3) is 0.467. The largest absolute Gasteiger partial charge is 0.493 e. The molecule has 6 bridgehead atoms. The van der Waals surface area contributed by atoms with Crippen molar-refractivity contribution in [2.45, 2.75) is 76.2 Å². The molecule has 0 amide bonds. The lowest BCUT2D eigenvalue weighted by Gasteiger charge is -2.38. The number of ether oxygens (including phenoxy) is 6. The maximum absolute atomic E-state index is 11.1. The molecule has 4 aliphatic heterocycles. The number of unbranched alkanes of at least 4 members (excludes halogenated alkanes) is 2. The number of hydrogen-bond donors (Lipinski definition) is 2. The van der Waals surface area contributed by atoms with Gasteiger partial charge in [0.1, 0.15) is 18.1 Å². The van der Waals surface area contributed by atoms with E-state index in [4.69, 9.17) is 28.4 Å². The van der Waals surface area contributed by atoms with Crippen LogP contribution in [0.5, 0.6) is 40.2 Å². The summed E-state index contributed by atoms with van der Waals surface area (Å²) in [4.78, 5) is 4.75. The first-order chi connectivity index (χ1) is 26.8. The number of likely N-dealkylation sites (N-methyl/N-ethyl adjacent to an activating group) is 2. The standard InChI is InChI=1S/C45H56N2O8/c1-46-18-16-31-24-33(27-48)40-26-36(31)37(46)21-29-10-13-35(14-11-29)54-41-23-30(12-15-39(41)51-4)22-38-43-32(17-19-47(38)2)25-42(52-5)44(45(43)55-40)53-28-34(49)9-7-6-8-20-50-3/h10-15,23-26,34,37-38,48-49H,6-9,16-22,27-28H2,1-5H3/t34?,37-,38-/m0/s1. The Bertz CT molecular complexity index is 1930. The average molecular weight is 753 g/mol. The molecule has 10 heteroatoms. The SMILES string of the molecule is COCCCCCC(O)COc1c(OC)cc2c3c1Oc1cc4c(cc1CO)CCN(C)[C@H]4Cc1ccc(cc1)Oc1cc(ccc1OC)C[C@@H]3N(C)CC2. The smallest absolute Gasteiger partial charge is 0.204 e. The zero-order valence-electron chi connectivity index (χ0n) is 32.9. The van der Waals surface area contributed by atoms with Crippen LogP contribution in [0.2, 0.25) is 0 Å². The van der Waals surface area contributed by atoms with E-state index < -0.39 is 6.10 Å². The molecular formula is C45H56N2O8. The Labute approximate surface area is 325 Å². The highest BCUT2D eigenvalue weighted by Gasteiger charge is 2.35. The molecule has 4 aromatic rings. The van der Waals surface area contributed by atoms with Crippen molar-refractivity contribution >= 4 is 0 Å². The van der Waals surface area contributed by atoms with Gasteiger partial charge in [0.15, 0.2) is 23.0 Å². The van der Waals surface area contributed by atoms with Gasteiger partial charge in [-0.2, -0.15) is 0 Å². The lowest BCUT2D eigenvalue weighted by atomic mass is 9.86. The summed E-state index contributed by atoms with van der Waals surface area (Å²) in [5.41, 5.74) is 7.49. The third-order valence-electron chi connectivity index (χ3n) is 11.5. The van der Waals surface area contributed by atoms with E-state index in [0.717, 1.165) is 79.6 Å². The monoisotopic (exact) mass is 752 g/mol. The number of nitrogens with zero attached hydrogens (tertiary/aromatic N) is 2. The molecule has 294 valence electrons. The lowest BCUT2D eigenvalue weighted by Crippen LogP contribution is -2.34. The Hall–Kier alpha value is -4.32. The van der Waals surface area contributed by atoms with E-state index in [1.54, 1.807) is 21.3 Å². The molecule has 0 spiro atoms. The molecule has 0 saturated heterocycles. The maximum Gasteiger partial charge on any atom is 0.204 e. The molecule has 0 aromatic heterocycles. The summed E-state index contributed by atoms with van der Waals surface area (Å²) >= 11 is 0. The van der Waals surface area contributed by atoms with Gasteiger partial charge < -0.3 is 38.6 Å². The van der Waals surface area contributed by atoms with Crippen molar-refractivity contribution in [3.8, 4) is 40.2 Å². The highest BCUT2D eigenvalue weighted by atomic mass is 16.5. The molecule has 2 N–H and O–H groups in total. The van der Waals surface area contributed by atoms with Gasteiger partial charge in [-0.15, -0.1) is 0 Å². The van der Waals surface area contributed by atoms with Crippen molar-refractivity contribution in [2.75, 3.05) is 61.7 Å². The highest BCUT2D eigenvalue weighted by Crippen LogP contribution is 2.51. The van der Waals surface area contributed by atoms with Crippen LogP contribution in [0.3, 0.4) is 0 Å². The van der Waals surface area contributed by atoms with Crippen molar-refractivity contribution in [3.63, 3.8) is 0 Å². The molecule has 0 aliphatic carbocycles.